The minimum absolute atomic E-state index is 0.110. The Morgan fingerprint density at radius 3 is 2.71 bits per heavy atom. The predicted octanol–water partition coefficient (Wildman–Crippen LogP) is 3.44. The van der Waals surface area contributed by atoms with E-state index in [1.807, 2.05) is 28.8 Å². The maximum Gasteiger partial charge on any atom is 0.387 e. The quantitative estimate of drug-likeness (QED) is 0.415. The van der Waals surface area contributed by atoms with Crippen LogP contribution in [0.2, 0.25) is 0 Å². The van der Waals surface area contributed by atoms with Crippen LogP contribution < -0.4 is 10.1 Å². The maximum atomic E-state index is 13.6. The average Bonchev–Trinajstić information content (AvgIpc) is 3.49. The van der Waals surface area contributed by atoms with Crippen LogP contribution in [-0.2, 0) is 10.0 Å². The van der Waals surface area contributed by atoms with E-state index >= 15 is 0 Å². The zero-order chi connectivity index (χ0) is 26.3. The number of nitrogens with zero attached hydrogens (tertiary/aromatic N) is 5. The second-order valence-corrected chi connectivity index (χ2v) is 11.6. The molecule has 5 heterocycles. The van der Waals surface area contributed by atoms with E-state index in [-0.39, 0.29) is 23.3 Å². The van der Waals surface area contributed by atoms with E-state index in [9.17, 15) is 22.0 Å². The summed E-state index contributed by atoms with van der Waals surface area (Å²) in [6, 6.07) is 11.4. The van der Waals surface area contributed by atoms with Gasteiger partial charge in [-0.3, -0.25) is 9.48 Å². The third kappa shape index (κ3) is 3.38. The van der Waals surface area contributed by atoms with Gasteiger partial charge in [-0.05, 0) is 43.2 Å². The first-order chi connectivity index (χ1) is 18.2. The summed E-state index contributed by atoms with van der Waals surface area (Å²) in [5, 5.41) is 7.65. The van der Waals surface area contributed by atoms with Crippen LogP contribution in [0, 0.1) is 0 Å². The summed E-state index contributed by atoms with van der Waals surface area (Å²) in [7, 11) is -3.44. The number of alkyl halides is 2. The number of sulfonamides is 1. The Labute approximate surface area is 215 Å². The number of halogens is 2. The zero-order valence-corrected chi connectivity index (χ0v) is 20.9. The van der Waals surface area contributed by atoms with Crippen molar-refractivity contribution >= 4 is 27.0 Å². The average molecular weight is 541 g/mol. The van der Waals surface area contributed by atoms with Gasteiger partial charge >= 0.3 is 6.61 Å². The molecule has 0 spiro atoms. The van der Waals surface area contributed by atoms with Crippen LogP contribution in [0.3, 0.4) is 0 Å². The highest BCUT2D eigenvalue weighted by Gasteiger charge is 2.43. The van der Waals surface area contributed by atoms with E-state index in [2.05, 4.69) is 10.4 Å². The first kappa shape index (κ1) is 23.3. The molecule has 1 amide bonds. The molecule has 1 N–H and O–H groups in total. The lowest BCUT2D eigenvalue weighted by Gasteiger charge is -2.38. The fourth-order valence-corrected chi connectivity index (χ4v) is 7.00. The van der Waals surface area contributed by atoms with E-state index in [4.69, 9.17) is 9.72 Å². The van der Waals surface area contributed by atoms with Gasteiger partial charge in [-0.25, -0.2) is 13.4 Å². The van der Waals surface area contributed by atoms with Gasteiger partial charge in [0.1, 0.15) is 17.7 Å². The van der Waals surface area contributed by atoms with Crippen molar-refractivity contribution in [2.45, 2.75) is 37.7 Å². The number of amides is 1. The van der Waals surface area contributed by atoms with Crippen LogP contribution in [0.5, 0.6) is 5.75 Å². The first-order valence-corrected chi connectivity index (χ1v) is 14.0. The molecule has 1 unspecified atom stereocenters. The molecule has 2 aromatic carbocycles. The Bertz CT molecular complexity index is 1730. The molecule has 0 radical (unpaired) electrons. The third-order valence-electron chi connectivity index (χ3n) is 7.55. The smallest absolute Gasteiger partial charge is 0.387 e. The summed E-state index contributed by atoms with van der Waals surface area (Å²) in [4.78, 5) is 18.1. The highest BCUT2D eigenvalue weighted by Crippen LogP contribution is 2.49. The van der Waals surface area contributed by atoms with Gasteiger partial charge in [0.2, 0.25) is 10.0 Å². The normalized spacial score (nSPS) is 22.6. The topological polar surface area (TPSA) is 111 Å². The van der Waals surface area contributed by atoms with E-state index in [1.165, 1.54) is 21.1 Å². The number of benzene rings is 2. The van der Waals surface area contributed by atoms with E-state index in [0.29, 0.717) is 42.0 Å². The Hall–Kier alpha value is -3.84. The number of fused-ring (bicyclic) bond motifs is 9. The molecule has 13 heteroatoms. The van der Waals surface area contributed by atoms with Gasteiger partial charge in [0.15, 0.2) is 0 Å². The summed E-state index contributed by atoms with van der Waals surface area (Å²) >= 11 is 0. The van der Waals surface area contributed by atoms with Crippen LogP contribution in [-0.4, -0.2) is 57.4 Å². The standard InChI is InChI=1S/C25H22F2N6O4S/c1-38(35,36)32-11-9-20(32)31-10-8-15(30-31)22-19(37-25(26)27)7-6-13-21(22)18-12-16(29-24(13)34)23-28-14-4-2-3-5-17(14)33(18)23/h2-8,10,16,18,20,25H,9,11-12H2,1H3,(H,29,34)/t16-,18-,20?/m1/s1. The Kier molecular flexibility index (Phi) is 4.95. The molecule has 1 saturated heterocycles. The number of imidazole rings is 1. The lowest BCUT2D eigenvalue weighted by molar-refractivity contribution is -0.0495. The van der Waals surface area contributed by atoms with Crippen molar-refractivity contribution in [3.63, 3.8) is 0 Å². The van der Waals surface area contributed by atoms with Crippen molar-refractivity contribution < 1.29 is 26.7 Å². The van der Waals surface area contributed by atoms with E-state index < -0.39 is 28.8 Å². The van der Waals surface area contributed by atoms with Gasteiger partial charge in [-0.15, -0.1) is 0 Å². The molecule has 7 rings (SSSR count). The molecule has 196 valence electrons. The minimum Gasteiger partial charge on any atom is -0.434 e. The van der Waals surface area contributed by atoms with Crippen molar-refractivity contribution in [3.8, 4) is 17.0 Å². The van der Waals surface area contributed by atoms with Crippen LogP contribution in [0.1, 0.15) is 52.8 Å². The molecule has 3 aliphatic heterocycles. The molecular weight excluding hydrogens is 518 g/mol. The number of carbonyl (C=O) groups excluding carboxylic acids is 1. The molecule has 2 bridgehead atoms. The van der Waals surface area contributed by atoms with Crippen LogP contribution in [0.25, 0.3) is 22.3 Å². The van der Waals surface area contributed by atoms with Crippen molar-refractivity contribution in [1.82, 2.24) is 29.0 Å². The number of para-hydroxylation sites is 2. The number of hydrogen-bond acceptors (Lipinski definition) is 6. The Balaban J connectivity index is 1.44. The molecule has 4 aromatic rings. The number of rotatable bonds is 5. The van der Waals surface area contributed by atoms with E-state index in [1.54, 1.807) is 12.3 Å². The highest BCUT2D eigenvalue weighted by molar-refractivity contribution is 7.88. The fourth-order valence-electron chi connectivity index (χ4n) is 5.92. The monoisotopic (exact) mass is 540 g/mol. The van der Waals surface area contributed by atoms with Gasteiger partial charge < -0.3 is 14.6 Å². The molecule has 0 saturated carbocycles. The lowest BCUT2D eigenvalue weighted by Crippen LogP contribution is -2.47. The molecular formula is C25H22F2N6O4S. The molecule has 38 heavy (non-hydrogen) atoms. The number of hydrogen-bond donors (Lipinski definition) is 1. The maximum absolute atomic E-state index is 13.6. The van der Waals surface area contributed by atoms with Gasteiger partial charge in [0.25, 0.3) is 5.91 Å². The van der Waals surface area contributed by atoms with Gasteiger partial charge in [0.05, 0.1) is 40.6 Å². The molecule has 2 aromatic heterocycles. The zero-order valence-electron chi connectivity index (χ0n) is 20.1. The Morgan fingerprint density at radius 2 is 1.97 bits per heavy atom. The van der Waals surface area contributed by atoms with Crippen molar-refractivity contribution in [2.24, 2.45) is 0 Å². The lowest BCUT2D eigenvalue weighted by atomic mass is 9.91. The van der Waals surface area contributed by atoms with Crippen molar-refractivity contribution in [1.29, 1.82) is 0 Å². The first-order valence-electron chi connectivity index (χ1n) is 12.1. The van der Waals surface area contributed by atoms with Gasteiger partial charge in [0, 0.05) is 23.9 Å². The van der Waals surface area contributed by atoms with Crippen LogP contribution >= 0.6 is 0 Å². The molecule has 10 nitrogen and oxygen atoms in total. The fraction of sp³-hybridized carbons (Fsp3) is 0.320. The summed E-state index contributed by atoms with van der Waals surface area (Å²) in [6.07, 6.45) is 3.30. The van der Waals surface area contributed by atoms with Crippen molar-refractivity contribution in [2.75, 3.05) is 12.8 Å². The highest BCUT2D eigenvalue weighted by atomic mass is 32.2. The van der Waals surface area contributed by atoms with E-state index in [0.717, 1.165) is 17.3 Å². The van der Waals surface area contributed by atoms with Gasteiger partial charge in [-0.2, -0.15) is 18.2 Å². The molecule has 0 aliphatic carbocycles. The summed E-state index contributed by atoms with van der Waals surface area (Å²) in [5.41, 5.74) is 3.08. The second kappa shape index (κ2) is 8.08. The number of aromatic nitrogens is 4. The SMILES string of the molecule is CS(=O)(=O)N1CCC1n1ccc(-c2c(OC(F)F)ccc3c2[C@H]2C[C@@H](NC3=O)c3nc4ccccc4n32)n1. The summed E-state index contributed by atoms with van der Waals surface area (Å²) in [5.74, 6) is 0.254. The predicted molar refractivity (Wildman–Crippen MR) is 132 cm³/mol. The summed E-state index contributed by atoms with van der Waals surface area (Å²) < 4.78 is 61.2. The van der Waals surface area contributed by atoms with Crippen LogP contribution in [0.15, 0.2) is 48.7 Å². The van der Waals surface area contributed by atoms with Gasteiger partial charge in [-0.1, -0.05) is 12.1 Å². The van der Waals surface area contributed by atoms with Crippen molar-refractivity contribution in [3.05, 3.63) is 65.6 Å². The number of carbonyl (C=O) groups is 1. The molecule has 3 aliphatic rings. The number of ether oxygens (including phenoxy) is 1. The third-order valence-corrected chi connectivity index (χ3v) is 8.83. The molecule has 3 atom stereocenters. The molecule has 1 fully saturated rings. The second-order valence-electron chi connectivity index (χ2n) is 9.71. The summed E-state index contributed by atoms with van der Waals surface area (Å²) in [6.45, 7) is -2.72. The minimum atomic E-state index is -3.44. The largest absolute Gasteiger partial charge is 0.434 e. The Morgan fingerprint density at radius 1 is 1.16 bits per heavy atom. The number of nitrogens with one attached hydrogen (secondary N) is 1. The van der Waals surface area contributed by atoms with Crippen LogP contribution in [0.4, 0.5) is 8.78 Å².